The van der Waals surface area contributed by atoms with Gasteiger partial charge >= 0.3 is 0 Å². The van der Waals surface area contributed by atoms with E-state index in [-0.39, 0.29) is 0 Å². The SMILES string of the molecule is CCc1nc(N2CCC3(CCCC3)C2)sc1C=O. The first-order chi connectivity index (χ1) is 8.76. The van der Waals surface area contributed by atoms with E-state index in [1.807, 2.05) is 0 Å². The van der Waals surface area contributed by atoms with Crippen molar-refractivity contribution in [3.8, 4) is 0 Å². The summed E-state index contributed by atoms with van der Waals surface area (Å²) < 4.78 is 0. The zero-order valence-electron chi connectivity index (χ0n) is 10.9. The average molecular weight is 264 g/mol. The molecule has 0 unspecified atom stereocenters. The Morgan fingerprint density at radius 3 is 2.78 bits per heavy atom. The quantitative estimate of drug-likeness (QED) is 0.785. The van der Waals surface area contributed by atoms with Crippen LogP contribution in [0.4, 0.5) is 5.13 Å². The molecule has 1 aromatic rings. The highest BCUT2D eigenvalue weighted by atomic mass is 32.1. The molecule has 98 valence electrons. The molecular weight excluding hydrogens is 244 g/mol. The molecule has 4 heteroatoms. The van der Waals surface area contributed by atoms with Crippen LogP contribution >= 0.6 is 11.3 Å². The zero-order chi connectivity index (χ0) is 12.6. The number of aromatic nitrogens is 1. The van der Waals surface area contributed by atoms with Crippen LogP contribution in [0.2, 0.25) is 0 Å². The van der Waals surface area contributed by atoms with E-state index >= 15 is 0 Å². The van der Waals surface area contributed by atoms with E-state index in [9.17, 15) is 4.79 Å². The molecule has 3 nitrogen and oxygen atoms in total. The lowest BCUT2D eigenvalue weighted by atomic mass is 9.86. The van der Waals surface area contributed by atoms with Gasteiger partial charge in [-0.3, -0.25) is 4.79 Å². The van der Waals surface area contributed by atoms with Gasteiger partial charge in [-0.2, -0.15) is 0 Å². The fraction of sp³-hybridized carbons (Fsp3) is 0.714. The minimum absolute atomic E-state index is 0.569. The minimum atomic E-state index is 0.569. The number of aldehydes is 1. The number of thiazole rings is 1. The molecule has 18 heavy (non-hydrogen) atoms. The maximum atomic E-state index is 11.0. The summed E-state index contributed by atoms with van der Waals surface area (Å²) in [6.45, 7) is 4.34. The summed E-state index contributed by atoms with van der Waals surface area (Å²) in [6, 6.07) is 0. The van der Waals surface area contributed by atoms with Crippen molar-refractivity contribution in [1.82, 2.24) is 4.98 Å². The highest BCUT2D eigenvalue weighted by Crippen LogP contribution is 2.46. The van der Waals surface area contributed by atoms with Gasteiger partial charge in [-0.25, -0.2) is 4.98 Å². The summed E-state index contributed by atoms with van der Waals surface area (Å²) >= 11 is 1.57. The van der Waals surface area contributed by atoms with Crippen molar-refractivity contribution in [3.05, 3.63) is 10.6 Å². The van der Waals surface area contributed by atoms with E-state index < -0.39 is 0 Å². The fourth-order valence-corrected chi connectivity index (χ4v) is 4.46. The lowest BCUT2D eigenvalue weighted by molar-refractivity contribution is 0.112. The normalized spacial score (nSPS) is 21.9. The summed E-state index contributed by atoms with van der Waals surface area (Å²) in [5, 5.41) is 1.07. The van der Waals surface area contributed by atoms with E-state index in [0.29, 0.717) is 5.41 Å². The highest BCUT2D eigenvalue weighted by molar-refractivity contribution is 7.17. The first-order valence-corrected chi connectivity index (χ1v) is 7.78. The molecule has 0 atom stereocenters. The van der Waals surface area contributed by atoms with Crippen LogP contribution in [0.15, 0.2) is 0 Å². The third-order valence-electron chi connectivity index (χ3n) is 4.53. The molecule has 0 amide bonds. The molecule has 3 rings (SSSR count). The van der Waals surface area contributed by atoms with Gasteiger partial charge in [0.2, 0.25) is 0 Å². The van der Waals surface area contributed by atoms with E-state index in [2.05, 4.69) is 16.8 Å². The molecule has 1 aromatic heterocycles. The van der Waals surface area contributed by atoms with Gasteiger partial charge in [0.25, 0.3) is 0 Å². The summed E-state index contributed by atoms with van der Waals surface area (Å²) in [7, 11) is 0. The Morgan fingerprint density at radius 1 is 1.39 bits per heavy atom. The molecule has 0 aromatic carbocycles. The minimum Gasteiger partial charge on any atom is -0.347 e. The molecule has 0 bridgehead atoms. The lowest BCUT2D eigenvalue weighted by Crippen LogP contribution is -2.24. The van der Waals surface area contributed by atoms with Crippen LogP contribution in [0, 0.1) is 5.41 Å². The molecule has 0 N–H and O–H groups in total. The molecule has 2 fully saturated rings. The Bertz CT molecular complexity index is 449. The predicted octanol–water partition coefficient (Wildman–Crippen LogP) is 3.29. The monoisotopic (exact) mass is 264 g/mol. The Labute approximate surface area is 112 Å². The van der Waals surface area contributed by atoms with Crippen molar-refractivity contribution in [2.45, 2.75) is 45.4 Å². The second-order valence-corrected chi connectivity index (χ2v) is 6.67. The average Bonchev–Trinajstić information content (AvgIpc) is 3.10. The third-order valence-corrected chi connectivity index (χ3v) is 5.62. The number of hydrogen-bond donors (Lipinski definition) is 0. The Hall–Kier alpha value is -0.900. The van der Waals surface area contributed by atoms with Gasteiger partial charge < -0.3 is 4.90 Å². The van der Waals surface area contributed by atoms with Gasteiger partial charge in [-0.1, -0.05) is 31.1 Å². The van der Waals surface area contributed by atoms with Gasteiger partial charge in [0.1, 0.15) is 0 Å². The number of aryl methyl sites for hydroxylation is 1. The number of nitrogens with zero attached hydrogens (tertiary/aromatic N) is 2. The van der Waals surface area contributed by atoms with Crippen molar-refractivity contribution >= 4 is 22.8 Å². The van der Waals surface area contributed by atoms with E-state index in [4.69, 9.17) is 0 Å². The maximum absolute atomic E-state index is 11.0. The fourth-order valence-electron chi connectivity index (χ4n) is 3.46. The second kappa shape index (κ2) is 4.65. The van der Waals surface area contributed by atoms with Crippen LogP contribution in [-0.4, -0.2) is 24.4 Å². The van der Waals surface area contributed by atoms with Crippen LogP contribution in [0.25, 0.3) is 0 Å². The summed E-state index contributed by atoms with van der Waals surface area (Å²) in [5.74, 6) is 0. The van der Waals surface area contributed by atoms with Crippen molar-refractivity contribution in [2.24, 2.45) is 5.41 Å². The lowest BCUT2D eigenvalue weighted by Gasteiger charge is -2.23. The topological polar surface area (TPSA) is 33.2 Å². The second-order valence-electron chi connectivity index (χ2n) is 5.66. The molecule has 2 heterocycles. The first-order valence-electron chi connectivity index (χ1n) is 6.96. The number of hydrogen-bond acceptors (Lipinski definition) is 4. The number of carbonyl (C=O) groups excluding carboxylic acids is 1. The smallest absolute Gasteiger partial charge is 0.186 e. The molecule has 0 radical (unpaired) electrons. The summed E-state index contributed by atoms with van der Waals surface area (Å²) in [6.07, 6.45) is 8.68. The molecule has 1 saturated carbocycles. The highest BCUT2D eigenvalue weighted by Gasteiger charge is 2.41. The van der Waals surface area contributed by atoms with Gasteiger partial charge in [0.05, 0.1) is 10.6 Å². The van der Waals surface area contributed by atoms with Crippen LogP contribution < -0.4 is 4.90 Å². The summed E-state index contributed by atoms with van der Waals surface area (Å²) in [4.78, 5) is 18.9. The van der Waals surface area contributed by atoms with Crippen molar-refractivity contribution in [3.63, 3.8) is 0 Å². The van der Waals surface area contributed by atoms with E-state index in [0.717, 1.165) is 41.5 Å². The molecular formula is C14H20N2OS. The predicted molar refractivity (Wildman–Crippen MR) is 74.6 cm³/mol. The van der Waals surface area contributed by atoms with Crippen molar-refractivity contribution in [1.29, 1.82) is 0 Å². The molecule has 1 spiro atoms. The van der Waals surface area contributed by atoms with Gasteiger partial charge in [0, 0.05) is 13.1 Å². The third kappa shape index (κ3) is 1.96. The Morgan fingerprint density at radius 2 is 2.17 bits per heavy atom. The van der Waals surface area contributed by atoms with E-state index in [1.54, 1.807) is 11.3 Å². The largest absolute Gasteiger partial charge is 0.347 e. The Kier molecular flexibility index (Phi) is 3.14. The van der Waals surface area contributed by atoms with Gasteiger partial charge in [-0.15, -0.1) is 0 Å². The van der Waals surface area contributed by atoms with Crippen LogP contribution in [-0.2, 0) is 6.42 Å². The summed E-state index contributed by atoms with van der Waals surface area (Å²) in [5.41, 5.74) is 1.54. The van der Waals surface area contributed by atoms with Crippen LogP contribution in [0.1, 0.15) is 54.4 Å². The van der Waals surface area contributed by atoms with Gasteiger partial charge in [0.15, 0.2) is 11.4 Å². The van der Waals surface area contributed by atoms with Gasteiger partial charge in [-0.05, 0) is 31.1 Å². The zero-order valence-corrected chi connectivity index (χ0v) is 11.8. The van der Waals surface area contributed by atoms with Crippen LogP contribution in [0.5, 0.6) is 0 Å². The van der Waals surface area contributed by atoms with Crippen LogP contribution in [0.3, 0.4) is 0 Å². The standard InChI is InChI=1S/C14H20N2OS/c1-2-11-12(9-17)18-13(15-11)16-8-7-14(10-16)5-3-4-6-14/h9H,2-8,10H2,1H3. The van der Waals surface area contributed by atoms with Crippen molar-refractivity contribution < 1.29 is 4.79 Å². The first kappa shape index (κ1) is 12.2. The maximum Gasteiger partial charge on any atom is 0.186 e. The number of carbonyl (C=O) groups is 1. The van der Waals surface area contributed by atoms with Crippen molar-refractivity contribution in [2.75, 3.05) is 18.0 Å². The molecule has 1 aliphatic carbocycles. The van der Waals surface area contributed by atoms with E-state index in [1.165, 1.54) is 32.1 Å². The number of rotatable bonds is 3. The molecule has 2 aliphatic rings. The molecule has 1 saturated heterocycles. The Balaban J connectivity index is 1.79. The molecule has 1 aliphatic heterocycles. The number of anilines is 1.